The number of carbonyl (C=O) groups is 1. The molecule has 1 aliphatic rings. The molecule has 19 heavy (non-hydrogen) atoms. The van der Waals surface area contributed by atoms with E-state index in [4.69, 9.17) is 0 Å². The lowest BCUT2D eigenvalue weighted by Crippen LogP contribution is -2.25. The van der Waals surface area contributed by atoms with Gasteiger partial charge in [-0.25, -0.2) is 0 Å². The van der Waals surface area contributed by atoms with Gasteiger partial charge in [-0.3, -0.25) is 14.6 Å². The van der Waals surface area contributed by atoms with Crippen LogP contribution >= 0.6 is 0 Å². The maximum Gasteiger partial charge on any atom is 0.269 e. The van der Waals surface area contributed by atoms with E-state index in [2.05, 4.69) is 20.6 Å². The number of aryl methyl sites for hydroxylation is 2. The smallest absolute Gasteiger partial charge is 0.269 e. The fraction of sp³-hybridized carbons (Fsp3) is 0.462. The molecule has 2 N–H and O–H groups in total. The summed E-state index contributed by atoms with van der Waals surface area (Å²) in [6, 6.07) is 3.81. The fourth-order valence-electron chi connectivity index (χ4n) is 2.11. The Labute approximate surface area is 111 Å². The van der Waals surface area contributed by atoms with Gasteiger partial charge in [0.25, 0.3) is 5.91 Å². The molecule has 0 spiro atoms. The normalized spacial score (nSPS) is 14.6. The van der Waals surface area contributed by atoms with Crippen molar-refractivity contribution in [1.82, 2.24) is 25.3 Å². The molecule has 0 saturated heterocycles. The van der Waals surface area contributed by atoms with Crippen molar-refractivity contribution in [3.63, 3.8) is 0 Å². The predicted octanol–water partition coefficient (Wildman–Crippen LogP) is 1.26. The third kappa shape index (κ3) is 2.52. The molecular formula is C13H17N5O. The number of aromatic amines is 1. The summed E-state index contributed by atoms with van der Waals surface area (Å²) >= 11 is 0. The second-order valence-electron chi connectivity index (χ2n) is 5.08. The van der Waals surface area contributed by atoms with E-state index < -0.39 is 0 Å². The number of hydrogen-bond donors (Lipinski definition) is 2. The molecule has 0 bridgehead atoms. The Kier molecular flexibility index (Phi) is 2.85. The average Bonchev–Trinajstić information content (AvgIpc) is 3.04. The van der Waals surface area contributed by atoms with Gasteiger partial charge in [0, 0.05) is 18.7 Å². The third-order valence-corrected chi connectivity index (χ3v) is 3.32. The molecule has 0 unspecified atom stereocenters. The van der Waals surface area contributed by atoms with E-state index in [0.717, 1.165) is 17.1 Å². The monoisotopic (exact) mass is 259 g/mol. The summed E-state index contributed by atoms with van der Waals surface area (Å²) in [5.41, 5.74) is 3.45. The molecule has 2 aromatic heterocycles. The van der Waals surface area contributed by atoms with E-state index in [1.165, 1.54) is 12.8 Å². The van der Waals surface area contributed by atoms with E-state index in [9.17, 15) is 4.79 Å². The van der Waals surface area contributed by atoms with Crippen molar-refractivity contribution < 1.29 is 4.79 Å². The van der Waals surface area contributed by atoms with Gasteiger partial charge in [0.15, 0.2) is 0 Å². The summed E-state index contributed by atoms with van der Waals surface area (Å²) in [4.78, 5) is 12.1. The van der Waals surface area contributed by atoms with Gasteiger partial charge in [0.05, 0.1) is 17.9 Å². The van der Waals surface area contributed by atoms with Crippen LogP contribution in [0.25, 0.3) is 0 Å². The Hall–Kier alpha value is -2.11. The molecule has 3 rings (SSSR count). The van der Waals surface area contributed by atoms with Crippen molar-refractivity contribution in [2.45, 2.75) is 32.2 Å². The Morgan fingerprint density at radius 1 is 1.53 bits per heavy atom. The molecule has 100 valence electrons. The first kappa shape index (κ1) is 12.0. The first-order chi connectivity index (χ1) is 9.13. The van der Waals surface area contributed by atoms with Gasteiger partial charge in [-0.2, -0.15) is 10.2 Å². The summed E-state index contributed by atoms with van der Waals surface area (Å²) in [7, 11) is 1.81. The topological polar surface area (TPSA) is 75.6 Å². The maximum absolute atomic E-state index is 12.1. The van der Waals surface area contributed by atoms with Crippen LogP contribution < -0.4 is 5.32 Å². The molecule has 1 amide bonds. The molecule has 0 atom stereocenters. The lowest BCUT2D eigenvalue weighted by atomic mass is 10.2. The van der Waals surface area contributed by atoms with Crippen LogP contribution in [0.4, 0.5) is 0 Å². The number of H-pyrrole nitrogens is 1. The number of nitrogens with one attached hydrogen (secondary N) is 2. The van der Waals surface area contributed by atoms with Crippen molar-refractivity contribution in [2.24, 2.45) is 7.05 Å². The second-order valence-corrected chi connectivity index (χ2v) is 5.08. The Morgan fingerprint density at radius 3 is 2.95 bits per heavy atom. The predicted molar refractivity (Wildman–Crippen MR) is 69.7 cm³/mol. The summed E-state index contributed by atoms with van der Waals surface area (Å²) in [5, 5.41) is 14.2. The number of amides is 1. The van der Waals surface area contributed by atoms with Crippen molar-refractivity contribution in [1.29, 1.82) is 0 Å². The molecule has 0 aliphatic heterocycles. The van der Waals surface area contributed by atoms with Crippen LogP contribution in [-0.2, 0) is 13.6 Å². The van der Waals surface area contributed by atoms with E-state index in [1.54, 1.807) is 11.7 Å². The molecule has 2 aromatic rings. The molecule has 1 aliphatic carbocycles. The second kappa shape index (κ2) is 4.53. The van der Waals surface area contributed by atoms with E-state index in [-0.39, 0.29) is 5.91 Å². The molecule has 0 aromatic carbocycles. The van der Waals surface area contributed by atoms with E-state index in [1.807, 2.05) is 19.1 Å². The summed E-state index contributed by atoms with van der Waals surface area (Å²) in [6.45, 7) is 2.36. The number of carbonyl (C=O) groups excluding carboxylic acids is 1. The van der Waals surface area contributed by atoms with Gasteiger partial charge < -0.3 is 5.32 Å². The van der Waals surface area contributed by atoms with Crippen LogP contribution in [0.15, 0.2) is 12.1 Å². The lowest BCUT2D eigenvalue weighted by molar-refractivity contribution is 0.0941. The number of aromatic nitrogens is 4. The highest BCUT2D eigenvalue weighted by Crippen LogP contribution is 2.39. The van der Waals surface area contributed by atoms with Crippen molar-refractivity contribution >= 4 is 5.91 Å². The fourth-order valence-corrected chi connectivity index (χ4v) is 2.11. The minimum Gasteiger partial charge on any atom is -0.345 e. The zero-order chi connectivity index (χ0) is 13.4. The lowest BCUT2D eigenvalue weighted by Gasteiger charge is -2.02. The van der Waals surface area contributed by atoms with Crippen LogP contribution in [0.5, 0.6) is 0 Å². The number of rotatable bonds is 4. The number of nitrogens with zero attached hydrogens (tertiary/aromatic N) is 3. The highest BCUT2D eigenvalue weighted by Gasteiger charge is 2.27. The molecule has 6 nitrogen and oxygen atoms in total. The highest BCUT2D eigenvalue weighted by molar-refractivity contribution is 5.92. The Bertz CT molecular complexity index is 608. The quantitative estimate of drug-likeness (QED) is 0.868. The van der Waals surface area contributed by atoms with Crippen LogP contribution in [0.3, 0.4) is 0 Å². The summed E-state index contributed by atoms with van der Waals surface area (Å²) in [5.74, 6) is 0.448. The first-order valence-electron chi connectivity index (χ1n) is 6.46. The van der Waals surface area contributed by atoms with Gasteiger partial charge in [-0.05, 0) is 31.9 Å². The largest absolute Gasteiger partial charge is 0.345 e. The molecular weight excluding hydrogens is 242 g/mol. The Morgan fingerprint density at radius 2 is 2.32 bits per heavy atom. The molecule has 1 saturated carbocycles. The molecule has 6 heteroatoms. The zero-order valence-corrected chi connectivity index (χ0v) is 11.1. The van der Waals surface area contributed by atoms with Gasteiger partial charge in [0.2, 0.25) is 0 Å². The zero-order valence-electron chi connectivity index (χ0n) is 11.1. The van der Waals surface area contributed by atoms with Gasteiger partial charge >= 0.3 is 0 Å². The number of hydrogen-bond acceptors (Lipinski definition) is 3. The van der Waals surface area contributed by atoms with Crippen molar-refractivity contribution in [3.8, 4) is 0 Å². The van der Waals surface area contributed by atoms with Crippen molar-refractivity contribution in [3.05, 3.63) is 34.9 Å². The molecule has 1 fully saturated rings. The Balaban J connectivity index is 1.66. The first-order valence-corrected chi connectivity index (χ1v) is 6.46. The highest BCUT2D eigenvalue weighted by atomic mass is 16.2. The van der Waals surface area contributed by atoms with Gasteiger partial charge in [-0.1, -0.05) is 0 Å². The molecule has 0 radical (unpaired) electrons. The minimum atomic E-state index is -0.109. The summed E-state index contributed by atoms with van der Waals surface area (Å²) < 4.78 is 1.65. The standard InChI is InChI=1S/C13H17N5O/c1-8-5-10(16-15-8)7-14-13(19)12-6-11(9-3-4-9)17-18(12)2/h5-6,9H,3-4,7H2,1-2H3,(H,14,19)(H,15,16). The van der Waals surface area contributed by atoms with E-state index in [0.29, 0.717) is 18.2 Å². The SMILES string of the molecule is Cc1cc(CNC(=O)c2cc(C3CC3)nn2C)n[nH]1. The van der Waals surface area contributed by atoms with Crippen molar-refractivity contribution in [2.75, 3.05) is 0 Å². The van der Waals surface area contributed by atoms with Crippen LogP contribution in [0, 0.1) is 6.92 Å². The van der Waals surface area contributed by atoms with Gasteiger partial charge in [-0.15, -0.1) is 0 Å². The summed E-state index contributed by atoms with van der Waals surface area (Å²) in [6.07, 6.45) is 2.37. The van der Waals surface area contributed by atoms with Crippen LogP contribution in [0.1, 0.15) is 46.3 Å². The third-order valence-electron chi connectivity index (χ3n) is 3.32. The van der Waals surface area contributed by atoms with Gasteiger partial charge in [0.1, 0.15) is 5.69 Å². The average molecular weight is 259 g/mol. The van der Waals surface area contributed by atoms with Crippen LogP contribution in [-0.4, -0.2) is 25.9 Å². The minimum absolute atomic E-state index is 0.109. The maximum atomic E-state index is 12.1. The van der Waals surface area contributed by atoms with Crippen LogP contribution in [0.2, 0.25) is 0 Å². The molecule has 2 heterocycles. The van der Waals surface area contributed by atoms with E-state index >= 15 is 0 Å².